The number of rotatable bonds is 15. The Morgan fingerprint density at radius 1 is 0.909 bits per heavy atom. The Morgan fingerprint density at radius 3 is 2.14 bits per heavy atom. The zero-order valence-electron chi connectivity index (χ0n) is 15.6. The summed E-state index contributed by atoms with van der Waals surface area (Å²) in [5, 5.41) is 9.41. The van der Waals surface area contributed by atoms with Crippen molar-refractivity contribution in [3.8, 4) is 0 Å². The van der Waals surface area contributed by atoms with Crippen molar-refractivity contribution in [3.05, 3.63) is 0 Å². The smallest absolute Gasteiger partial charge is 0.0836 e. The molecule has 0 heterocycles. The van der Waals surface area contributed by atoms with Crippen LogP contribution in [0.3, 0.4) is 0 Å². The molecule has 134 valence electrons. The molecule has 0 aliphatic carbocycles. The number of hydrogen-bond acceptors (Lipinski definition) is 3. The number of aliphatic hydroxyl groups is 1. The summed E-state index contributed by atoms with van der Waals surface area (Å²) in [5.41, 5.74) is 0. The lowest BCUT2D eigenvalue weighted by Gasteiger charge is -2.28. The summed E-state index contributed by atoms with van der Waals surface area (Å²) in [4.78, 5) is 0. The van der Waals surface area contributed by atoms with Crippen molar-refractivity contribution in [2.45, 2.75) is 104 Å². The summed E-state index contributed by atoms with van der Waals surface area (Å²) in [7, 11) is 0. The Labute approximate surface area is 138 Å². The summed E-state index contributed by atoms with van der Waals surface area (Å²) in [6.45, 7) is 11.8. The van der Waals surface area contributed by atoms with Crippen molar-refractivity contribution in [3.63, 3.8) is 0 Å². The van der Waals surface area contributed by atoms with Gasteiger partial charge in [0.2, 0.25) is 0 Å². The lowest BCUT2D eigenvalue weighted by Crippen LogP contribution is -2.33. The van der Waals surface area contributed by atoms with E-state index in [2.05, 4.69) is 27.7 Å². The highest BCUT2D eigenvalue weighted by atomic mass is 16.5. The van der Waals surface area contributed by atoms with Crippen molar-refractivity contribution in [2.24, 2.45) is 5.92 Å². The average Bonchev–Trinajstić information content (AvgIpc) is 2.51. The summed E-state index contributed by atoms with van der Waals surface area (Å²) < 4.78 is 11.9. The van der Waals surface area contributed by atoms with E-state index in [9.17, 15) is 5.11 Å². The average molecular weight is 317 g/mol. The molecule has 3 nitrogen and oxygen atoms in total. The van der Waals surface area contributed by atoms with Gasteiger partial charge in [0.25, 0.3) is 0 Å². The quantitative estimate of drug-likeness (QED) is 0.434. The van der Waals surface area contributed by atoms with Crippen LogP contribution in [-0.2, 0) is 9.47 Å². The van der Waals surface area contributed by atoms with Gasteiger partial charge in [-0.15, -0.1) is 0 Å². The van der Waals surface area contributed by atoms with E-state index in [1.165, 1.54) is 38.5 Å². The van der Waals surface area contributed by atoms with Gasteiger partial charge in [0.1, 0.15) is 0 Å². The molecule has 4 atom stereocenters. The lowest BCUT2D eigenvalue weighted by atomic mass is 9.91. The Hall–Kier alpha value is -0.120. The molecule has 0 amide bonds. The summed E-state index contributed by atoms with van der Waals surface area (Å²) in [6, 6.07) is 0. The van der Waals surface area contributed by atoms with Crippen LogP contribution in [0.25, 0.3) is 0 Å². The minimum absolute atomic E-state index is 0.0481. The molecule has 0 spiro atoms. The first kappa shape index (κ1) is 21.9. The van der Waals surface area contributed by atoms with E-state index >= 15 is 0 Å². The third-order valence-corrected chi connectivity index (χ3v) is 4.31. The molecule has 0 saturated heterocycles. The molecule has 0 aromatic heterocycles. The molecule has 0 radical (unpaired) electrons. The zero-order valence-corrected chi connectivity index (χ0v) is 15.6. The van der Waals surface area contributed by atoms with E-state index in [1.54, 1.807) is 6.92 Å². The summed E-state index contributed by atoms with van der Waals surface area (Å²) in [6.07, 6.45) is 9.47. The molecule has 0 aromatic carbocycles. The molecular weight excluding hydrogens is 276 g/mol. The first-order valence-corrected chi connectivity index (χ1v) is 9.46. The second kappa shape index (κ2) is 14.5. The van der Waals surface area contributed by atoms with E-state index in [-0.39, 0.29) is 12.2 Å². The van der Waals surface area contributed by atoms with Crippen LogP contribution in [0.2, 0.25) is 0 Å². The molecule has 22 heavy (non-hydrogen) atoms. The first-order chi connectivity index (χ1) is 10.5. The number of aliphatic hydroxyl groups excluding tert-OH is 1. The highest BCUT2D eigenvalue weighted by molar-refractivity contribution is 4.72. The molecule has 0 rings (SSSR count). The predicted octanol–water partition coefficient (Wildman–Crippen LogP) is 4.95. The second-order valence-electron chi connectivity index (χ2n) is 6.66. The van der Waals surface area contributed by atoms with Gasteiger partial charge in [-0.25, -0.2) is 0 Å². The number of hydrogen-bond donors (Lipinski definition) is 1. The van der Waals surface area contributed by atoms with Gasteiger partial charge < -0.3 is 14.6 Å². The van der Waals surface area contributed by atoms with Gasteiger partial charge in [-0.05, 0) is 32.6 Å². The Balaban J connectivity index is 4.40. The van der Waals surface area contributed by atoms with Gasteiger partial charge in [-0.2, -0.15) is 0 Å². The number of ether oxygens (including phenoxy) is 2. The van der Waals surface area contributed by atoms with Gasteiger partial charge in [0.05, 0.1) is 24.9 Å². The summed E-state index contributed by atoms with van der Waals surface area (Å²) >= 11 is 0. The molecule has 0 aliphatic heterocycles. The minimum Gasteiger partial charge on any atom is -0.391 e. The van der Waals surface area contributed by atoms with Crippen LogP contribution in [-0.4, -0.2) is 36.6 Å². The number of unbranched alkanes of at least 4 members (excludes halogenated alkanes) is 3. The SMILES string of the molecule is CCCCCOC(CC(CC)CCCC)C(C)OCC(C)O. The molecule has 0 aromatic rings. The van der Waals surface area contributed by atoms with Crippen molar-refractivity contribution in [2.75, 3.05) is 13.2 Å². The van der Waals surface area contributed by atoms with Gasteiger partial charge in [0.15, 0.2) is 0 Å². The van der Waals surface area contributed by atoms with Crippen molar-refractivity contribution in [1.29, 1.82) is 0 Å². The summed E-state index contributed by atoms with van der Waals surface area (Å²) in [5.74, 6) is 0.716. The zero-order chi connectivity index (χ0) is 16.8. The van der Waals surface area contributed by atoms with Gasteiger partial charge >= 0.3 is 0 Å². The van der Waals surface area contributed by atoms with Crippen LogP contribution in [0.15, 0.2) is 0 Å². The maximum atomic E-state index is 9.41. The molecule has 4 unspecified atom stereocenters. The molecule has 1 N–H and O–H groups in total. The van der Waals surface area contributed by atoms with Gasteiger partial charge in [-0.3, -0.25) is 0 Å². The maximum absolute atomic E-state index is 9.41. The normalized spacial score (nSPS) is 17.2. The first-order valence-electron chi connectivity index (χ1n) is 9.46. The molecule has 0 aliphatic rings. The van der Waals surface area contributed by atoms with Crippen LogP contribution in [0.1, 0.15) is 86.0 Å². The molecule has 0 fully saturated rings. The Kier molecular flexibility index (Phi) is 14.4. The van der Waals surface area contributed by atoms with Crippen LogP contribution >= 0.6 is 0 Å². The van der Waals surface area contributed by atoms with E-state index in [0.717, 1.165) is 19.4 Å². The second-order valence-corrected chi connectivity index (χ2v) is 6.66. The Morgan fingerprint density at radius 2 is 1.59 bits per heavy atom. The fraction of sp³-hybridized carbons (Fsp3) is 1.00. The molecule has 0 bridgehead atoms. The maximum Gasteiger partial charge on any atom is 0.0836 e. The van der Waals surface area contributed by atoms with Gasteiger partial charge in [0, 0.05) is 6.61 Å². The van der Waals surface area contributed by atoms with Crippen molar-refractivity contribution < 1.29 is 14.6 Å². The highest BCUT2D eigenvalue weighted by Gasteiger charge is 2.22. The largest absolute Gasteiger partial charge is 0.391 e. The minimum atomic E-state index is -0.412. The van der Waals surface area contributed by atoms with Crippen LogP contribution in [0.4, 0.5) is 0 Å². The van der Waals surface area contributed by atoms with Crippen molar-refractivity contribution in [1.82, 2.24) is 0 Å². The molecular formula is C19H40O3. The van der Waals surface area contributed by atoms with E-state index in [1.807, 2.05) is 0 Å². The van der Waals surface area contributed by atoms with Crippen LogP contribution in [0.5, 0.6) is 0 Å². The topological polar surface area (TPSA) is 38.7 Å². The van der Waals surface area contributed by atoms with E-state index < -0.39 is 6.10 Å². The standard InChI is InChI=1S/C19H40O3/c1-6-9-11-13-21-19(17(5)22-15-16(4)20)14-18(8-3)12-10-7-2/h16-20H,6-15H2,1-5H3. The van der Waals surface area contributed by atoms with Crippen LogP contribution in [0, 0.1) is 5.92 Å². The highest BCUT2D eigenvalue weighted by Crippen LogP contribution is 2.23. The van der Waals surface area contributed by atoms with Crippen molar-refractivity contribution >= 4 is 0 Å². The van der Waals surface area contributed by atoms with Crippen LogP contribution < -0.4 is 0 Å². The van der Waals surface area contributed by atoms with E-state index in [4.69, 9.17) is 9.47 Å². The molecule has 0 saturated carbocycles. The lowest BCUT2D eigenvalue weighted by molar-refractivity contribution is -0.0905. The fourth-order valence-corrected chi connectivity index (χ4v) is 2.69. The van der Waals surface area contributed by atoms with Gasteiger partial charge in [-0.1, -0.05) is 59.3 Å². The molecule has 3 heteroatoms. The third-order valence-electron chi connectivity index (χ3n) is 4.31. The Bertz CT molecular complexity index is 231. The fourth-order valence-electron chi connectivity index (χ4n) is 2.69. The third kappa shape index (κ3) is 11.4. The monoisotopic (exact) mass is 316 g/mol. The predicted molar refractivity (Wildman–Crippen MR) is 94.3 cm³/mol. The van der Waals surface area contributed by atoms with E-state index in [0.29, 0.717) is 12.5 Å².